The molecule has 5 heterocycles. The molecule has 0 N–H and O–H groups in total. The molecule has 6 rings (SSSR count). The van der Waals surface area contributed by atoms with Crippen molar-refractivity contribution in [3.63, 3.8) is 0 Å². The number of nitrogens with zero attached hydrogens (tertiary/aromatic N) is 7. The van der Waals surface area contributed by atoms with Gasteiger partial charge in [-0.2, -0.15) is 5.10 Å². The quantitative estimate of drug-likeness (QED) is 0.427. The van der Waals surface area contributed by atoms with Crippen LogP contribution in [-0.4, -0.2) is 33.4 Å². The first-order valence-electron chi connectivity index (χ1n) is 10.3. The Morgan fingerprint density at radius 2 is 1.78 bits per heavy atom. The Kier molecular flexibility index (Phi) is 3.71. The van der Waals surface area contributed by atoms with Crippen LogP contribution in [0.3, 0.4) is 0 Å². The number of imidazole rings is 1. The van der Waals surface area contributed by atoms with Gasteiger partial charge in [0.05, 0.1) is 34.1 Å². The standard InChI is InChI=1S/C24H21N7O/c1-14-21(13-29(3)27-14)31-22-18-10-15(17-9-16-7-8-28(2)23(16)26-11-17)5-6-19(18)25-12-20(22)30(4)24(31)32/h5-13H,1-4H3. The predicted molar refractivity (Wildman–Crippen MR) is 125 cm³/mol. The van der Waals surface area contributed by atoms with Gasteiger partial charge in [-0.05, 0) is 36.8 Å². The summed E-state index contributed by atoms with van der Waals surface area (Å²) in [5.74, 6) is 0. The van der Waals surface area contributed by atoms with Crippen LogP contribution in [0.1, 0.15) is 5.69 Å². The molecule has 8 heteroatoms. The summed E-state index contributed by atoms with van der Waals surface area (Å²) < 4.78 is 7.11. The lowest BCUT2D eigenvalue weighted by molar-refractivity contribution is 0.756. The maximum Gasteiger partial charge on any atom is 0.333 e. The number of hydrogen-bond donors (Lipinski definition) is 0. The molecule has 0 radical (unpaired) electrons. The molecule has 6 aromatic rings. The largest absolute Gasteiger partial charge is 0.336 e. The van der Waals surface area contributed by atoms with E-state index < -0.39 is 0 Å². The van der Waals surface area contributed by atoms with Gasteiger partial charge < -0.3 is 4.57 Å². The molecule has 0 fully saturated rings. The maximum atomic E-state index is 13.2. The van der Waals surface area contributed by atoms with E-state index in [1.807, 2.05) is 56.3 Å². The first-order chi connectivity index (χ1) is 15.4. The lowest BCUT2D eigenvalue weighted by Crippen LogP contribution is -2.21. The summed E-state index contributed by atoms with van der Waals surface area (Å²) in [5, 5.41) is 6.44. The maximum absolute atomic E-state index is 13.2. The SMILES string of the molecule is Cc1nn(C)cc1-n1c(=O)n(C)c2cnc3ccc(-c4cnc5c(ccn5C)c4)cc3c21. The molecule has 0 aliphatic rings. The van der Waals surface area contributed by atoms with Crippen LogP contribution in [0.25, 0.3) is 49.8 Å². The van der Waals surface area contributed by atoms with Crippen molar-refractivity contribution in [1.29, 1.82) is 0 Å². The summed E-state index contributed by atoms with van der Waals surface area (Å²) in [5.41, 5.74) is 6.87. The van der Waals surface area contributed by atoms with Crippen molar-refractivity contribution in [3.05, 3.63) is 71.3 Å². The molecule has 0 spiro atoms. The third kappa shape index (κ3) is 2.49. The Bertz CT molecular complexity index is 1750. The number of rotatable bonds is 2. The fourth-order valence-corrected chi connectivity index (χ4v) is 4.52. The number of aryl methyl sites for hydroxylation is 4. The van der Waals surface area contributed by atoms with Crippen molar-refractivity contribution < 1.29 is 0 Å². The summed E-state index contributed by atoms with van der Waals surface area (Å²) in [7, 11) is 5.62. The topological polar surface area (TPSA) is 75.5 Å². The lowest BCUT2D eigenvalue weighted by atomic mass is 10.0. The minimum atomic E-state index is -0.122. The molecule has 0 aliphatic carbocycles. The fourth-order valence-electron chi connectivity index (χ4n) is 4.52. The van der Waals surface area contributed by atoms with Crippen LogP contribution in [0.4, 0.5) is 0 Å². The van der Waals surface area contributed by atoms with Gasteiger partial charge in [-0.1, -0.05) is 6.07 Å². The highest BCUT2D eigenvalue weighted by Gasteiger charge is 2.19. The monoisotopic (exact) mass is 423 g/mol. The molecule has 0 unspecified atom stereocenters. The number of hydrogen-bond acceptors (Lipinski definition) is 4. The van der Waals surface area contributed by atoms with Crippen molar-refractivity contribution in [3.8, 4) is 16.8 Å². The summed E-state index contributed by atoms with van der Waals surface area (Å²) in [6.07, 6.45) is 7.53. The summed E-state index contributed by atoms with van der Waals surface area (Å²) in [6.45, 7) is 1.91. The Balaban J connectivity index is 1.68. The Morgan fingerprint density at radius 1 is 0.938 bits per heavy atom. The van der Waals surface area contributed by atoms with Gasteiger partial charge >= 0.3 is 5.69 Å². The average Bonchev–Trinajstić information content (AvgIpc) is 3.41. The molecule has 0 saturated heterocycles. The third-order valence-corrected chi connectivity index (χ3v) is 6.15. The normalized spacial score (nSPS) is 11.9. The molecule has 5 aromatic heterocycles. The Labute approximate surface area is 183 Å². The molecule has 158 valence electrons. The summed E-state index contributed by atoms with van der Waals surface area (Å²) in [6, 6.07) is 10.3. The zero-order chi connectivity index (χ0) is 22.1. The van der Waals surface area contributed by atoms with Gasteiger partial charge in [0.2, 0.25) is 0 Å². The van der Waals surface area contributed by atoms with E-state index in [2.05, 4.69) is 33.3 Å². The van der Waals surface area contributed by atoms with E-state index >= 15 is 0 Å². The zero-order valence-corrected chi connectivity index (χ0v) is 18.2. The zero-order valence-electron chi connectivity index (χ0n) is 18.2. The second-order valence-electron chi connectivity index (χ2n) is 8.24. The van der Waals surface area contributed by atoms with Crippen LogP contribution in [0.2, 0.25) is 0 Å². The fraction of sp³-hybridized carbons (Fsp3) is 0.167. The number of pyridine rings is 2. The minimum absolute atomic E-state index is 0.122. The van der Waals surface area contributed by atoms with E-state index in [9.17, 15) is 4.79 Å². The van der Waals surface area contributed by atoms with Gasteiger partial charge in [-0.25, -0.2) is 9.78 Å². The highest BCUT2D eigenvalue weighted by Crippen LogP contribution is 2.31. The van der Waals surface area contributed by atoms with Crippen LogP contribution in [0, 0.1) is 6.92 Å². The molecule has 0 aliphatic heterocycles. The molecule has 8 nitrogen and oxygen atoms in total. The van der Waals surface area contributed by atoms with Crippen molar-refractivity contribution in [2.75, 3.05) is 0 Å². The summed E-state index contributed by atoms with van der Waals surface area (Å²) >= 11 is 0. The molecule has 0 atom stereocenters. The highest BCUT2D eigenvalue weighted by atomic mass is 16.1. The second kappa shape index (κ2) is 6.40. The van der Waals surface area contributed by atoms with Crippen molar-refractivity contribution >= 4 is 33.0 Å². The van der Waals surface area contributed by atoms with Crippen LogP contribution in [0.15, 0.2) is 59.9 Å². The molecular weight excluding hydrogens is 402 g/mol. The molecule has 32 heavy (non-hydrogen) atoms. The number of fused-ring (bicyclic) bond motifs is 4. The van der Waals surface area contributed by atoms with E-state index in [4.69, 9.17) is 0 Å². The Hall–Kier alpha value is -4.20. The van der Waals surface area contributed by atoms with E-state index in [1.54, 1.807) is 27.1 Å². The van der Waals surface area contributed by atoms with Gasteiger partial charge in [0.1, 0.15) is 5.65 Å². The van der Waals surface area contributed by atoms with Crippen LogP contribution >= 0.6 is 0 Å². The smallest absolute Gasteiger partial charge is 0.333 e. The first kappa shape index (κ1) is 18.6. The molecule has 0 saturated carbocycles. The van der Waals surface area contributed by atoms with E-state index in [0.717, 1.165) is 55.5 Å². The van der Waals surface area contributed by atoms with Crippen molar-refractivity contribution in [2.24, 2.45) is 21.1 Å². The summed E-state index contributed by atoms with van der Waals surface area (Å²) in [4.78, 5) is 22.5. The predicted octanol–water partition coefficient (Wildman–Crippen LogP) is 3.47. The minimum Gasteiger partial charge on any atom is -0.336 e. The van der Waals surface area contributed by atoms with Crippen LogP contribution in [-0.2, 0) is 21.1 Å². The molecular formula is C24H21N7O. The number of aromatic nitrogens is 7. The van der Waals surface area contributed by atoms with Gasteiger partial charge in [-0.3, -0.25) is 18.8 Å². The van der Waals surface area contributed by atoms with Gasteiger partial charge in [0.15, 0.2) is 0 Å². The lowest BCUT2D eigenvalue weighted by Gasteiger charge is -2.08. The van der Waals surface area contributed by atoms with Crippen molar-refractivity contribution in [2.45, 2.75) is 6.92 Å². The molecule has 1 aromatic carbocycles. The number of benzene rings is 1. The van der Waals surface area contributed by atoms with Crippen LogP contribution in [0.5, 0.6) is 0 Å². The first-order valence-corrected chi connectivity index (χ1v) is 10.3. The highest BCUT2D eigenvalue weighted by molar-refractivity contribution is 6.04. The van der Waals surface area contributed by atoms with E-state index in [0.29, 0.717) is 0 Å². The van der Waals surface area contributed by atoms with E-state index in [-0.39, 0.29) is 5.69 Å². The van der Waals surface area contributed by atoms with Crippen LogP contribution < -0.4 is 5.69 Å². The second-order valence-corrected chi connectivity index (χ2v) is 8.24. The average molecular weight is 423 g/mol. The molecule has 0 amide bonds. The van der Waals surface area contributed by atoms with Crippen molar-refractivity contribution in [1.82, 2.24) is 33.4 Å². The van der Waals surface area contributed by atoms with Gasteiger partial charge in [0, 0.05) is 56.1 Å². The molecule has 0 bridgehead atoms. The third-order valence-electron chi connectivity index (χ3n) is 6.15. The van der Waals surface area contributed by atoms with Gasteiger partial charge in [0.25, 0.3) is 0 Å². The van der Waals surface area contributed by atoms with Gasteiger partial charge in [-0.15, -0.1) is 0 Å². The Morgan fingerprint density at radius 3 is 2.56 bits per heavy atom. The van der Waals surface area contributed by atoms with E-state index in [1.165, 1.54) is 0 Å².